The monoisotopic (exact) mass is 384 g/mol. The van der Waals surface area contributed by atoms with E-state index in [1.54, 1.807) is 11.9 Å². The largest absolute Gasteiger partial charge is 0.485 e. The van der Waals surface area contributed by atoms with Crippen LogP contribution in [0.3, 0.4) is 0 Å². The fourth-order valence-electron chi connectivity index (χ4n) is 3.49. The van der Waals surface area contributed by atoms with Crippen LogP contribution in [0.15, 0.2) is 58.0 Å². The van der Waals surface area contributed by atoms with Crippen molar-refractivity contribution >= 4 is 27.7 Å². The van der Waals surface area contributed by atoms with Gasteiger partial charge in [0.25, 0.3) is 5.91 Å². The van der Waals surface area contributed by atoms with Crippen LogP contribution in [-0.4, -0.2) is 23.7 Å². The third-order valence-electron chi connectivity index (χ3n) is 4.81. The number of hydrogen-bond acceptors (Lipinski definition) is 3. The van der Waals surface area contributed by atoms with E-state index in [0.29, 0.717) is 6.42 Å². The molecule has 2 aliphatic heterocycles. The van der Waals surface area contributed by atoms with Crippen LogP contribution in [0.2, 0.25) is 0 Å². The Balaban J connectivity index is 1.89. The summed E-state index contributed by atoms with van der Waals surface area (Å²) in [6.07, 6.45) is 0.299. The number of benzene rings is 2. The van der Waals surface area contributed by atoms with Crippen molar-refractivity contribution in [3.8, 4) is 5.75 Å². The van der Waals surface area contributed by atoms with Crippen molar-refractivity contribution in [3.05, 3.63) is 64.1 Å². The van der Waals surface area contributed by atoms with Crippen LogP contribution in [-0.2, 0) is 10.3 Å². The maximum atomic E-state index is 13.1. The lowest BCUT2D eigenvalue weighted by atomic mass is 9.80. The molecule has 0 aliphatic carbocycles. The van der Waals surface area contributed by atoms with Crippen LogP contribution < -0.4 is 4.74 Å². The zero-order valence-corrected chi connectivity index (χ0v) is 15.1. The predicted octanol–water partition coefficient (Wildman–Crippen LogP) is 4.06. The minimum Gasteiger partial charge on any atom is -0.485 e. The Hall–Kier alpha value is -2.14. The minimum atomic E-state index is -0.906. The van der Waals surface area contributed by atoms with Crippen LogP contribution >= 0.6 is 15.9 Å². The average molecular weight is 385 g/mol. The molecule has 4 rings (SSSR count). The quantitative estimate of drug-likeness (QED) is 0.743. The molecule has 0 saturated heterocycles. The van der Waals surface area contributed by atoms with Gasteiger partial charge in [-0.15, -0.1) is 0 Å². The predicted molar refractivity (Wildman–Crippen MR) is 96.1 cm³/mol. The second kappa shape index (κ2) is 5.45. The molecular formula is C19H17BrN2O2. The molecule has 0 N–H and O–H groups in total. The average Bonchev–Trinajstić information content (AvgIpc) is 2.81. The van der Waals surface area contributed by atoms with Gasteiger partial charge in [0.2, 0.25) is 0 Å². The molecule has 0 aromatic heterocycles. The fourth-order valence-corrected chi connectivity index (χ4v) is 3.85. The molecule has 1 spiro atoms. The Labute approximate surface area is 149 Å². The summed E-state index contributed by atoms with van der Waals surface area (Å²) >= 11 is 3.50. The molecule has 2 atom stereocenters. The molecule has 2 aromatic rings. The molecule has 0 fully saturated rings. The molecule has 0 bridgehead atoms. The third-order valence-corrected chi connectivity index (χ3v) is 5.30. The van der Waals surface area contributed by atoms with E-state index >= 15 is 0 Å². The number of rotatable bonds is 1. The fraction of sp³-hybridized carbons (Fsp3) is 0.263. The lowest BCUT2D eigenvalue weighted by molar-refractivity contribution is -0.132. The van der Waals surface area contributed by atoms with E-state index in [1.807, 2.05) is 55.5 Å². The maximum Gasteiger partial charge on any atom is 0.260 e. The molecule has 4 nitrogen and oxygen atoms in total. The number of ether oxygens (including phenoxy) is 1. The number of carbonyl (C=O) groups excluding carboxylic acids is 1. The number of amides is 1. The molecule has 1 amide bonds. The van der Waals surface area contributed by atoms with E-state index in [9.17, 15) is 4.79 Å². The highest BCUT2D eigenvalue weighted by Gasteiger charge is 2.53. The summed E-state index contributed by atoms with van der Waals surface area (Å²) < 4.78 is 7.13. The summed E-state index contributed by atoms with van der Waals surface area (Å²) in [5.74, 6) is 1.46. The summed E-state index contributed by atoms with van der Waals surface area (Å²) in [5.41, 5.74) is 0.981. The standard InChI is InChI=1S/C19H17BrN2O2/c1-12-21-19(18(23)22(12)2)11-17(13-6-4-3-5-7-13)24-16-9-8-14(20)10-15(16)19/h3-10,17H,11H2,1-2H3. The van der Waals surface area contributed by atoms with Gasteiger partial charge in [-0.2, -0.15) is 0 Å². The molecule has 2 aliphatic rings. The van der Waals surface area contributed by atoms with Gasteiger partial charge in [-0.05, 0) is 30.7 Å². The number of hydrogen-bond donors (Lipinski definition) is 0. The Kier molecular flexibility index (Phi) is 3.49. The first-order chi connectivity index (χ1) is 11.5. The second-order valence-electron chi connectivity index (χ2n) is 6.25. The number of aliphatic imine (C=N–C) groups is 1. The van der Waals surface area contributed by atoms with Crippen molar-refractivity contribution in [2.24, 2.45) is 4.99 Å². The second-order valence-corrected chi connectivity index (χ2v) is 7.16. The van der Waals surface area contributed by atoms with Crippen molar-refractivity contribution in [1.29, 1.82) is 0 Å². The summed E-state index contributed by atoms with van der Waals surface area (Å²) in [5, 5.41) is 0. The van der Waals surface area contributed by atoms with Crippen molar-refractivity contribution in [2.75, 3.05) is 7.05 Å². The van der Waals surface area contributed by atoms with Crippen LogP contribution in [0.5, 0.6) is 5.75 Å². The van der Waals surface area contributed by atoms with E-state index in [-0.39, 0.29) is 12.0 Å². The van der Waals surface area contributed by atoms with E-state index in [0.717, 1.165) is 27.2 Å². The van der Waals surface area contributed by atoms with Crippen molar-refractivity contribution in [1.82, 2.24) is 4.90 Å². The number of likely N-dealkylation sites (N-methyl/N-ethyl adjacent to an activating group) is 1. The molecule has 2 heterocycles. The number of halogens is 1. The van der Waals surface area contributed by atoms with Crippen molar-refractivity contribution < 1.29 is 9.53 Å². The van der Waals surface area contributed by atoms with Crippen LogP contribution in [0.4, 0.5) is 0 Å². The number of amidine groups is 1. The molecule has 122 valence electrons. The highest BCUT2D eigenvalue weighted by molar-refractivity contribution is 9.10. The normalized spacial score (nSPS) is 25.5. The molecule has 5 heteroatoms. The zero-order valence-electron chi connectivity index (χ0n) is 13.5. The minimum absolute atomic E-state index is 0.00332. The number of fused-ring (bicyclic) bond motifs is 2. The molecule has 24 heavy (non-hydrogen) atoms. The maximum absolute atomic E-state index is 13.1. The first-order valence-corrected chi connectivity index (χ1v) is 8.67. The summed E-state index contributed by atoms with van der Waals surface area (Å²) in [6.45, 7) is 1.87. The first-order valence-electron chi connectivity index (χ1n) is 7.87. The van der Waals surface area contributed by atoms with Gasteiger partial charge in [0, 0.05) is 23.5 Å². The van der Waals surface area contributed by atoms with Gasteiger partial charge in [0.15, 0.2) is 5.54 Å². The lowest BCUT2D eigenvalue weighted by Gasteiger charge is -2.37. The molecule has 2 aromatic carbocycles. The summed E-state index contributed by atoms with van der Waals surface area (Å²) in [6, 6.07) is 15.8. The highest BCUT2D eigenvalue weighted by Crippen LogP contribution is 2.50. The van der Waals surface area contributed by atoms with Crippen LogP contribution in [0.1, 0.15) is 30.6 Å². The molecular weight excluding hydrogens is 368 g/mol. The Morgan fingerprint density at radius 2 is 2.00 bits per heavy atom. The van der Waals surface area contributed by atoms with Gasteiger partial charge < -0.3 is 9.64 Å². The van der Waals surface area contributed by atoms with Gasteiger partial charge in [-0.1, -0.05) is 46.3 Å². The first kappa shape index (κ1) is 15.4. The molecule has 0 radical (unpaired) electrons. The lowest BCUT2D eigenvalue weighted by Crippen LogP contribution is -2.42. The molecule has 0 saturated carbocycles. The summed E-state index contributed by atoms with van der Waals surface area (Å²) in [4.78, 5) is 19.5. The Morgan fingerprint density at radius 3 is 2.67 bits per heavy atom. The summed E-state index contributed by atoms with van der Waals surface area (Å²) in [7, 11) is 1.78. The van der Waals surface area contributed by atoms with E-state index in [1.165, 1.54) is 0 Å². The number of nitrogens with zero attached hydrogens (tertiary/aromatic N) is 2. The van der Waals surface area contributed by atoms with Crippen LogP contribution in [0.25, 0.3) is 0 Å². The van der Waals surface area contributed by atoms with Gasteiger partial charge in [-0.3, -0.25) is 9.79 Å². The van der Waals surface area contributed by atoms with Gasteiger partial charge in [0.05, 0.1) is 0 Å². The van der Waals surface area contributed by atoms with E-state index in [2.05, 4.69) is 15.9 Å². The smallest absolute Gasteiger partial charge is 0.260 e. The van der Waals surface area contributed by atoms with E-state index in [4.69, 9.17) is 9.73 Å². The van der Waals surface area contributed by atoms with Crippen molar-refractivity contribution in [3.63, 3.8) is 0 Å². The van der Waals surface area contributed by atoms with Gasteiger partial charge in [-0.25, -0.2) is 0 Å². The van der Waals surface area contributed by atoms with E-state index < -0.39 is 5.54 Å². The molecule has 2 unspecified atom stereocenters. The third kappa shape index (κ3) is 2.18. The van der Waals surface area contributed by atoms with Crippen LogP contribution in [0, 0.1) is 0 Å². The SMILES string of the molecule is CC1=NC2(CC(c3ccccc3)Oc3ccc(Br)cc32)C(=O)N1C. The Bertz CT molecular complexity index is 850. The van der Waals surface area contributed by atoms with Crippen molar-refractivity contribution in [2.45, 2.75) is 25.0 Å². The topological polar surface area (TPSA) is 41.9 Å². The van der Waals surface area contributed by atoms with Gasteiger partial charge in [0.1, 0.15) is 17.7 Å². The highest BCUT2D eigenvalue weighted by atomic mass is 79.9. The number of carbonyl (C=O) groups is 1. The van der Waals surface area contributed by atoms with Gasteiger partial charge >= 0.3 is 0 Å². The zero-order chi connectivity index (χ0) is 16.9. The Morgan fingerprint density at radius 1 is 1.25 bits per heavy atom.